The summed E-state index contributed by atoms with van der Waals surface area (Å²) in [5.41, 5.74) is 9.84. The highest BCUT2D eigenvalue weighted by Crippen LogP contribution is 2.25. The van der Waals surface area contributed by atoms with Crippen molar-refractivity contribution in [1.29, 1.82) is 0 Å². The van der Waals surface area contributed by atoms with Gasteiger partial charge in [-0.1, -0.05) is 24.3 Å². The molecular weight excluding hydrogens is 319 g/mol. The van der Waals surface area contributed by atoms with E-state index in [4.69, 9.17) is 5.73 Å². The summed E-state index contributed by atoms with van der Waals surface area (Å²) < 4.78 is 15.7. The maximum absolute atomic E-state index is 13.9. The van der Waals surface area contributed by atoms with Gasteiger partial charge < -0.3 is 10.3 Å². The molecule has 4 rings (SSSR count). The fraction of sp³-hybridized carbons (Fsp3) is 0.111. The monoisotopic (exact) mass is 334 g/mol. The molecule has 6 nitrogen and oxygen atoms in total. The number of benzene rings is 1. The van der Waals surface area contributed by atoms with Gasteiger partial charge in [-0.3, -0.25) is 4.98 Å². The molecule has 0 spiro atoms. The molecule has 124 valence electrons. The highest BCUT2D eigenvalue weighted by Gasteiger charge is 2.15. The molecule has 3 heterocycles. The van der Waals surface area contributed by atoms with Crippen molar-refractivity contribution in [2.24, 2.45) is 0 Å². The molecule has 0 aliphatic carbocycles. The highest BCUT2D eigenvalue weighted by atomic mass is 19.1. The van der Waals surface area contributed by atoms with E-state index in [0.717, 1.165) is 5.56 Å². The number of fused-ring (bicyclic) bond motifs is 1. The molecular formula is C18H15FN6. The molecule has 0 bridgehead atoms. The molecule has 0 saturated heterocycles. The van der Waals surface area contributed by atoms with E-state index in [1.54, 1.807) is 35.3 Å². The first-order valence-electron chi connectivity index (χ1n) is 7.76. The van der Waals surface area contributed by atoms with Crippen LogP contribution in [0.3, 0.4) is 0 Å². The number of aromatic nitrogens is 5. The molecule has 0 aliphatic rings. The van der Waals surface area contributed by atoms with Crippen LogP contribution in [-0.4, -0.2) is 24.5 Å². The summed E-state index contributed by atoms with van der Waals surface area (Å²) in [4.78, 5) is 17.4. The molecule has 0 amide bonds. The summed E-state index contributed by atoms with van der Waals surface area (Å²) in [6.07, 6.45) is 3.37. The summed E-state index contributed by atoms with van der Waals surface area (Å²) in [5.74, 6) is -0.146. The second-order valence-corrected chi connectivity index (χ2v) is 5.79. The van der Waals surface area contributed by atoms with E-state index in [-0.39, 0.29) is 11.8 Å². The van der Waals surface area contributed by atoms with Gasteiger partial charge in [-0.2, -0.15) is 4.98 Å². The number of aryl methyl sites for hydroxylation is 1. The first-order chi connectivity index (χ1) is 12.1. The summed E-state index contributed by atoms with van der Waals surface area (Å²) in [6.45, 7) is 2.27. The molecule has 2 N–H and O–H groups in total. The molecule has 4 aromatic rings. The first-order valence-corrected chi connectivity index (χ1v) is 7.76. The van der Waals surface area contributed by atoms with E-state index in [1.807, 2.05) is 19.1 Å². The molecule has 0 unspecified atom stereocenters. The normalized spacial score (nSPS) is 11.1. The Labute approximate surface area is 143 Å². The van der Waals surface area contributed by atoms with Crippen molar-refractivity contribution in [3.63, 3.8) is 0 Å². The lowest BCUT2D eigenvalue weighted by atomic mass is 10.2. The van der Waals surface area contributed by atoms with E-state index >= 15 is 0 Å². The van der Waals surface area contributed by atoms with Crippen molar-refractivity contribution in [3.05, 3.63) is 65.9 Å². The number of nitrogen functional groups attached to an aromatic ring is 1. The van der Waals surface area contributed by atoms with Crippen molar-refractivity contribution in [2.75, 3.05) is 5.73 Å². The number of imidazole rings is 1. The zero-order chi connectivity index (χ0) is 17.4. The minimum atomic E-state index is -0.271. The van der Waals surface area contributed by atoms with Gasteiger partial charge in [0.1, 0.15) is 17.0 Å². The molecule has 3 aromatic heterocycles. The lowest BCUT2D eigenvalue weighted by Crippen LogP contribution is -2.04. The zero-order valence-electron chi connectivity index (χ0n) is 13.5. The molecule has 0 aliphatic heterocycles. The molecule has 0 atom stereocenters. The predicted octanol–water partition coefficient (Wildman–Crippen LogP) is 2.97. The van der Waals surface area contributed by atoms with Crippen LogP contribution in [0.5, 0.6) is 0 Å². The Hall–Kier alpha value is -3.35. The lowest BCUT2D eigenvalue weighted by molar-refractivity contribution is 0.601. The van der Waals surface area contributed by atoms with Crippen LogP contribution in [-0.2, 0) is 6.54 Å². The Morgan fingerprint density at radius 2 is 1.92 bits per heavy atom. The van der Waals surface area contributed by atoms with E-state index in [2.05, 4.69) is 19.9 Å². The maximum Gasteiger partial charge on any atom is 0.222 e. The summed E-state index contributed by atoms with van der Waals surface area (Å²) in [6, 6.07) is 10.4. The average Bonchev–Trinajstić information content (AvgIpc) is 3.00. The topological polar surface area (TPSA) is 82.5 Å². The van der Waals surface area contributed by atoms with E-state index < -0.39 is 0 Å². The van der Waals surface area contributed by atoms with Gasteiger partial charge in [-0.15, -0.1) is 0 Å². The van der Waals surface area contributed by atoms with Gasteiger partial charge in [0.2, 0.25) is 5.95 Å². The number of nitrogens with zero attached hydrogens (tertiary/aromatic N) is 5. The molecule has 7 heteroatoms. The Balaban J connectivity index is 1.84. The van der Waals surface area contributed by atoms with Crippen LogP contribution in [0, 0.1) is 12.7 Å². The SMILES string of the molecule is Cc1ccc(-c2nc(N)nc3c2ncn3Cc2ccccc2F)nc1. The van der Waals surface area contributed by atoms with Gasteiger partial charge in [0.25, 0.3) is 0 Å². The number of hydrogen-bond donors (Lipinski definition) is 1. The fourth-order valence-corrected chi connectivity index (χ4v) is 2.67. The third kappa shape index (κ3) is 2.80. The second kappa shape index (κ2) is 5.94. The van der Waals surface area contributed by atoms with Gasteiger partial charge in [-0.05, 0) is 24.6 Å². The Kier molecular flexibility index (Phi) is 3.61. The average molecular weight is 334 g/mol. The summed E-state index contributed by atoms with van der Waals surface area (Å²) in [5, 5.41) is 0. The number of rotatable bonds is 3. The minimum absolute atomic E-state index is 0.125. The zero-order valence-corrected chi connectivity index (χ0v) is 13.5. The van der Waals surface area contributed by atoms with Crippen LogP contribution < -0.4 is 5.73 Å². The van der Waals surface area contributed by atoms with E-state index in [0.29, 0.717) is 34.7 Å². The van der Waals surface area contributed by atoms with Crippen molar-refractivity contribution < 1.29 is 4.39 Å². The van der Waals surface area contributed by atoms with Crippen LogP contribution in [0.1, 0.15) is 11.1 Å². The van der Waals surface area contributed by atoms with Crippen LogP contribution >= 0.6 is 0 Å². The second-order valence-electron chi connectivity index (χ2n) is 5.79. The Morgan fingerprint density at radius 1 is 1.08 bits per heavy atom. The molecule has 0 radical (unpaired) electrons. The van der Waals surface area contributed by atoms with Crippen molar-refractivity contribution >= 4 is 17.1 Å². The largest absolute Gasteiger partial charge is 0.368 e. The van der Waals surface area contributed by atoms with Crippen LogP contribution in [0.2, 0.25) is 0 Å². The number of anilines is 1. The van der Waals surface area contributed by atoms with Crippen molar-refractivity contribution in [1.82, 2.24) is 24.5 Å². The molecule has 0 saturated carbocycles. The Morgan fingerprint density at radius 3 is 2.68 bits per heavy atom. The van der Waals surface area contributed by atoms with Gasteiger partial charge in [0.15, 0.2) is 5.65 Å². The maximum atomic E-state index is 13.9. The lowest BCUT2D eigenvalue weighted by Gasteiger charge is -2.07. The van der Waals surface area contributed by atoms with Gasteiger partial charge in [0.05, 0.1) is 18.6 Å². The van der Waals surface area contributed by atoms with Gasteiger partial charge in [-0.25, -0.2) is 14.4 Å². The smallest absolute Gasteiger partial charge is 0.222 e. The number of halogens is 1. The third-order valence-electron chi connectivity index (χ3n) is 3.93. The van der Waals surface area contributed by atoms with Crippen LogP contribution in [0.4, 0.5) is 10.3 Å². The Bertz CT molecular complexity index is 1060. The highest BCUT2D eigenvalue weighted by molar-refractivity contribution is 5.87. The fourth-order valence-electron chi connectivity index (χ4n) is 2.67. The number of hydrogen-bond acceptors (Lipinski definition) is 5. The van der Waals surface area contributed by atoms with Crippen molar-refractivity contribution in [2.45, 2.75) is 13.5 Å². The molecule has 0 fully saturated rings. The molecule has 25 heavy (non-hydrogen) atoms. The van der Waals surface area contributed by atoms with Crippen molar-refractivity contribution in [3.8, 4) is 11.4 Å². The number of pyridine rings is 1. The van der Waals surface area contributed by atoms with Gasteiger partial charge in [0, 0.05) is 11.8 Å². The minimum Gasteiger partial charge on any atom is -0.368 e. The van der Waals surface area contributed by atoms with Crippen LogP contribution in [0.15, 0.2) is 48.9 Å². The summed E-state index contributed by atoms with van der Waals surface area (Å²) >= 11 is 0. The van der Waals surface area contributed by atoms with Gasteiger partial charge >= 0.3 is 0 Å². The van der Waals surface area contributed by atoms with E-state index in [9.17, 15) is 4.39 Å². The predicted molar refractivity (Wildman–Crippen MR) is 93.2 cm³/mol. The quantitative estimate of drug-likeness (QED) is 0.623. The van der Waals surface area contributed by atoms with E-state index in [1.165, 1.54) is 6.07 Å². The standard InChI is InChI=1S/C18H15FN6/c1-11-6-7-14(21-8-11)15-16-17(24-18(20)23-15)25(10-22-16)9-12-4-2-3-5-13(12)19/h2-8,10H,9H2,1H3,(H2,20,23,24). The third-order valence-corrected chi connectivity index (χ3v) is 3.93. The first kappa shape index (κ1) is 15.2. The number of nitrogens with two attached hydrogens (primary N) is 1. The van der Waals surface area contributed by atoms with Crippen LogP contribution in [0.25, 0.3) is 22.6 Å². The summed E-state index contributed by atoms with van der Waals surface area (Å²) in [7, 11) is 0. The molecule has 1 aromatic carbocycles.